The van der Waals surface area contributed by atoms with Gasteiger partial charge in [-0.05, 0) is 48.5 Å². The smallest absolute Gasteiger partial charge is 0.143 e. The normalized spacial score (nSPS) is 11.2. The molecule has 166 valence electrons. The molecular formula is C25H18B2N6O2. The van der Waals surface area contributed by atoms with E-state index >= 15 is 0 Å². The number of aromatic hydroxyl groups is 2. The molecule has 0 unspecified atom stereocenters. The largest absolute Gasteiger partial charge is 0.506 e. The Kier molecular flexibility index (Phi) is 5.18. The summed E-state index contributed by atoms with van der Waals surface area (Å²) in [5.41, 5.74) is 5.84. The fourth-order valence-electron chi connectivity index (χ4n) is 3.94. The molecule has 0 amide bonds. The first-order valence-corrected chi connectivity index (χ1v) is 11.1. The number of benzene rings is 4. The van der Waals surface area contributed by atoms with Crippen molar-refractivity contribution in [1.82, 2.24) is 30.0 Å². The Bertz CT molecular complexity index is 1490. The zero-order chi connectivity index (χ0) is 23.8. The van der Waals surface area contributed by atoms with Crippen LogP contribution in [0.2, 0.25) is 6.22 Å². The standard InChI is InChI=1S/C25H18B2N6O2/c34-24-13-16(9-11-22(24)32-28-18-5-1-2-6-19(18)29-32)26-15-27-17-10-12-23(25(35)14-17)33-30-20-7-3-4-8-21(20)31-33/h1-14,34-35H,15H2. The molecule has 6 aromatic rings. The Labute approximate surface area is 201 Å². The molecule has 0 aliphatic rings. The molecule has 2 heterocycles. The van der Waals surface area contributed by atoms with Crippen LogP contribution in [0.5, 0.6) is 11.5 Å². The van der Waals surface area contributed by atoms with Crippen molar-refractivity contribution < 1.29 is 10.2 Å². The third kappa shape index (κ3) is 4.10. The Morgan fingerprint density at radius 1 is 0.543 bits per heavy atom. The third-order valence-corrected chi connectivity index (χ3v) is 5.71. The number of nitrogens with zero attached hydrogens (tertiary/aromatic N) is 6. The van der Waals surface area contributed by atoms with E-state index in [1.54, 1.807) is 24.3 Å². The van der Waals surface area contributed by atoms with E-state index < -0.39 is 0 Å². The van der Waals surface area contributed by atoms with Crippen LogP contribution in [0.1, 0.15) is 0 Å². The van der Waals surface area contributed by atoms with Crippen LogP contribution in [0.15, 0.2) is 84.9 Å². The zero-order valence-corrected chi connectivity index (χ0v) is 18.5. The summed E-state index contributed by atoms with van der Waals surface area (Å²) in [6.07, 6.45) is 0.616. The number of fused-ring (bicyclic) bond motifs is 2. The Hall–Kier alpha value is -4.59. The number of hydrogen-bond donors (Lipinski definition) is 2. The number of aromatic nitrogens is 6. The van der Waals surface area contributed by atoms with Crippen molar-refractivity contribution in [2.45, 2.75) is 6.22 Å². The lowest BCUT2D eigenvalue weighted by Gasteiger charge is -2.07. The van der Waals surface area contributed by atoms with Crippen LogP contribution >= 0.6 is 0 Å². The topological polar surface area (TPSA) is 102 Å². The van der Waals surface area contributed by atoms with E-state index in [0.717, 1.165) is 33.0 Å². The molecule has 2 N–H and O–H groups in total. The molecule has 8 nitrogen and oxygen atoms in total. The summed E-state index contributed by atoms with van der Waals surface area (Å²) in [6, 6.07) is 25.9. The minimum absolute atomic E-state index is 0.0974. The molecule has 0 saturated carbocycles. The molecule has 0 fully saturated rings. The van der Waals surface area contributed by atoms with E-state index in [1.807, 2.05) is 75.2 Å². The molecule has 6 rings (SSSR count). The summed E-state index contributed by atoms with van der Waals surface area (Å²) >= 11 is 0. The molecule has 0 saturated heterocycles. The van der Waals surface area contributed by atoms with Crippen molar-refractivity contribution in [1.29, 1.82) is 0 Å². The van der Waals surface area contributed by atoms with Crippen LogP contribution in [0.3, 0.4) is 0 Å². The van der Waals surface area contributed by atoms with E-state index in [4.69, 9.17) is 0 Å². The summed E-state index contributed by atoms with van der Waals surface area (Å²) in [4.78, 5) is 2.88. The minimum Gasteiger partial charge on any atom is -0.506 e. The van der Waals surface area contributed by atoms with E-state index in [0.29, 0.717) is 17.6 Å². The quantitative estimate of drug-likeness (QED) is 0.373. The monoisotopic (exact) mass is 456 g/mol. The first-order chi connectivity index (χ1) is 17.1. The highest BCUT2D eigenvalue weighted by molar-refractivity contribution is 6.71. The summed E-state index contributed by atoms with van der Waals surface area (Å²) in [5.74, 6) is 0.195. The first-order valence-electron chi connectivity index (χ1n) is 11.1. The SMILES string of the molecule is Oc1cc([B]C[B]c2ccc(-n3nc4ccccc4n3)c(O)c2)ccc1-n1nc2ccccc2n1. The van der Waals surface area contributed by atoms with Gasteiger partial charge in [0.05, 0.1) is 0 Å². The number of phenolic OH excluding ortho intramolecular Hbond substituents is 2. The van der Waals surface area contributed by atoms with Gasteiger partial charge in [-0.2, -0.15) is 0 Å². The Morgan fingerprint density at radius 2 is 0.914 bits per heavy atom. The second-order valence-corrected chi connectivity index (χ2v) is 8.10. The Balaban J connectivity index is 1.12. The van der Waals surface area contributed by atoms with E-state index in [2.05, 4.69) is 20.4 Å². The maximum Gasteiger partial charge on any atom is 0.143 e. The van der Waals surface area contributed by atoms with Gasteiger partial charge in [-0.25, -0.2) is 0 Å². The summed E-state index contributed by atoms with van der Waals surface area (Å²) in [5, 5.41) is 38.7. The molecule has 2 radical (unpaired) electrons. The molecule has 35 heavy (non-hydrogen) atoms. The maximum atomic E-state index is 10.5. The second-order valence-electron chi connectivity index (χ2n) is 8.10. The third-order valence-electron chi connectivity index (χ3n) is 5.71. The van der Waals surface area contributed by atoms with Crippen molar-refractivity contribution in [3.05, 3.63) is 84.9 Å². The Morgan fingerprint density at radius 3 is 1.26 bits per heavy atom. The van der Waals surface area contributed by atoms with Crippen LogP contribution in [0, 0.1) is 0 Å². The van der Waals surface area contributed by atoms with Crippen molar-refractivity contribution in [2.24, 2.45) is 0 Å². The van der Waals surface area contributed by atoms with Gasteiger partial charge in [0.15, 0.2) is 0 Å². The average Bonchev–Trinajstić information content (AvgIpc) is 3.48. The molecule has 0 spiro atoms. The van der Waals surface area contributed by atoms with E-state index in [-0.39, 0.29) is 11.5 Å². The second kappa shape index (κ2) is 8.64. The predicted octanol–water partition coefficient (Wildman–Crippen LogP) is 2.30. The minimum atomic E-state index is 0.0974. The lowest BCUT2D eigenvalue weighted by atomic mass is 9.49. The molecule has 2 aromatic heterocycles. The van der Waals surface area contributed by atoms with Gasteiger partial charge in [-0.15, -0.1) is 30.0 Å². The van der Waals surface area contributed by atoms with Crippen molar-refractivity contribution in [2.75, 3.05) is 0 Å². The summed E-state index contributed by atoms with van der Waals surface area (Å²) in [6.45, 7) is 0. The van der Waals surface area contributed by atoms with Gasteiger partial charge in [0, 0.05) is 0 Å². The highest BCUT2D eigenvalue weighted by Gasteiger charge is 2.12. The van der Waals surface area contributed by atoms with Gasteiger partial charge in [0.1, 0.15) is 59.5 Å². The molecule has 0 atom stereocenters. The van der Waals surface area contributed by atoms with Gasteiger partial charge in [-0.3, -0.25) is 0 Å². The zero-order valence-electron chi connectivity index (χ0n) is 18.5. The predicted molar refractivity (Wildman–Crippen MR) is 137 cm³/mol. The van der Waals surface area contributed by atoms with Crippen molar-refractivity contribution in [3.63, 3.8) is 0 Å². The van der Waals surface area contributed by atoms with Crippen LogP contribution in [0.4, 0.5) is 0 Å². The van der Waals surface area contributed by atoms with Gasteiger partial charge < -0.3 is 10.2 Å². The summed E-state index contributed by atoms with van der Waals surface area (Å²) < 4.78 is 0. The highest BCUT2D eigenvalue weighted by atomic mass is 16.3. The number of phenols is 2. The van der Waals surface area contributed by atoms with Crippen LogP contribution < -0.4 is 10.9 Å². The molecule has 0 aliphatic heterocycles. The van der Waals surface area contributed by atoms with E-state index in [9.17, 15) is 10.2 Å². The van der Waals surface area contributed by atoms with Crippen LogP contribution in [-0.2, 0) is 0 Å². The van der Waals surface area contributed by atoms with Crippen molar-refractivity contribution >= 4 is 47.6 Å². The lowest BCUT2D eigenvalue weighted by Crippen LogP contribution is -2.22. The van der Waals surface area contributed by atoms with Gasteiger partial charge >= 0.3 is 0 Å². The number of hydrogen-bond acceptors (Lipinski definition) is 6. The highest BCUT2D eigenvalue weighted by Crippen LogP contribution is 2.21. The van der Waals surface area contributed by atoms with Gasteiger partial charge in [0.25, 0.3) is 0 Å². The fourth-order valence-corrected chi connectivity index (χ4v) is 3.94. The molecule has 0 aliphatic carbocycles. The van der Waals surface area contributed by atoms with Crippen molar-refractivity contribution in [3.8, 4) is 22.9 Å². The molecule has 10 heteroatoms. The first kappa shape index (κ1) is 21.0. The van der Waals surface area contributed by atoms with E-state index in [1.165, 1.54) is 9.59 Å². The fraction of sp³-hybridized carbons (Fsp3) is 0.0400. The molecule has 4 aromatic carbocycles. The molecule has 0 bridgehead atoms. The summed E-state index contributed by atoms with van der Waals surface area (Å²) in [7, 11) is 3.98. The van der Waals surface area contributed by atoms with Gasteiger partial charge in [0.2, 0.25) is 0 Å². The van der Waals surface area contributed by atoms with Gasteiger partial charge in [-0.1, -0.05) is 53.5 Å². The van der Waals surface area contributed by atoms with Crippen LogP contribution in [0.25, 0.3) is 33.4 Å². The number of rotatable bonds is 6. The van der Waals surface area contributed by atoms with Crippen LogP contribution in [-0.4, -0.2) is 54.8 Å². The average molecular weight is 456 g/mol. The maximum absolute atomic E-state index is 10.5. The molecular weight excluding hydrogens is 438 g/mol. The lowest BCUT2D eigenvalue weighted by molar-refractivity contribution is 0.468.